The fourth-order valence-corrected chi connectivity index (χ4v) is 3.32. The largest absolute Gasteiger partial charge is 0.507 e. The number of nitrogens with one attached hydrogen (secondary N) is 1. The van der Waals surface area contributed by atoms with Gasteiger partial charge in [0.2, 0.25) is 0 Å². The van der Waals surface area contributed by atoms with Crippen LogP contribution in [0.3, 0.4) is 0 Å². The highest BCUT2D eigenvalue weighted by atomic mass is 32.2. The molecule has 3 N–H and O–H groups in total. The molecule has 1 aromatic carbocycles. The lowest BCUT2D eigenvalue weighted by Crippen LogP contribution is -2.54. The van der Waals surface area contributed by atoms with Crippen LogP contribution in [0.15, 0.2) is 18.2 Å². The zero-order chi connectivity index (χ0) is 14.8. The fraction of sp³-hybridized carbons (Fsp3) is 0.385. The first-order chi connectivity index (χ1) is 9.48. The van der Waals surface area contributed by atoms with Crippen LogP contribution in [0, 0.1) is 0 Å². The summed E-state index contributed by atoms with van der Waals surface area (Å²) in [4.78, 5) is 23.6. The van der Waals surface area contributed by atoms with Gasteiger partial charge in [-0.25, -0.2) is 4.79 Å². The fourth-order valence-electron chi connectivity index (χ4n) is 1.99. The maximum Gasteiger partial charge on any atom is 0.330 e. The number of rotatable bonds is 4. The highest BCUT2D eigenvalue weighted by Crippen LogP contribution is 2.30. The minimum absolute atomic E-state index is 0.00174. The number of carboxylic acids is 1. The zero-order valence-corrected chi connectivity index (χ0v) is 11.7. The molecule has 1 aliphatic rings. The molecule has 1 atom stereocenters. The molecule has 1 aliphatic heterocycles. The number of carbonyl (C=O) groups is 2. The van der Waals surface area contributed by atoms with E-state index in [0.717, 1.165) is 0 Å². The number of hydrogen-bond donors (Lipinski definition) is 3. The maximum absolute atomic E-state index is 12.2. The summed E-state index contributed by atoms with van der Waals surface area (Å²) in [6, 6.07) is 4.23. The monoisotopic (exact) mass is 297 g/mol. The molecule has 1 aromatic rings. The SMILES string of the molecule is COc1ccc(O)c(C(=O)NC2(C(=O)O)CCSC2)c1. The van der Waals surface area contributed by atoms with E-state index in [1.54, 1.807) is 0 Å². The third-order valence-corrected chi connectivity index (χ3v) is 4.42. The molecule has 0 saturated carbocycles. The summed E-state index contributed by atoms with van der Waals surface area (Å²) in [5.74, 6) is -0.479. The van der Waals surface area contributed by atoms with Crippen LogP contribution < -0.4 is 10.1 Å². The number of phenolic OH excluding ortho intramolecular Hbond substituents is 1. The normalized spacial score (nSPS) is 21.4. The van der Waals surface area contributed by atoms with Crippen molar-refractivity contribution in [1.82, 2.24) is 5.32 Å². The van der Waals surface area contributed by atoms with Crippen LogP contribution in [0.4, 0.5) is 0 Å². The Labute approximate surface area is 120 Å². The first-order valence-electron chi connectivity index (χ1n) is 5.99. The number of carbonyl (C=O) groups excluding carboxylic acids is 1. The molecule has 1 unspecified atom stereocenters. The Balaban J connectivity index is 2.25. The van der Waals surface area contributed by atoms with E-state index in [1.165, 1.54) is 37.1 Å². The van der Waals surface area contributed by atoms with E-state index in [2.05, 4.69) is 5.32 Å². The molecule has 0 radical (unpaired) electrons. The lowest BCUT2D eigenvalue weighted by atomic mass is 9.98. The van der Waals surface area contributed by atoms with E-state index in [1.807, 2.05) is 0 Å². The number of hydrogen-bond acceptors (Lipinski definition) is 5. The van der Waals surface area contributed by atoms with Crippen LogP contribution in [-0.4, -0.2) is 46.2 Å². The van der Waals surface area contributed by atoms with Gasteiger partial charge >= 0.3 is 5.97 Å². The molecule has 2 rings (SSSR count). The zero-order valence-electron chi connectivity index (χ0n) is 10.9. The van der Waals surface area contributed by atoms with Gasteiger partial charge in [0.25, 0.3) is 5.91 Å². The number of benzene rings is 1. The Morgan fingerprint density at radius 3 is 2.75 bits per heavy atom. The molecule has 0 aromatic heterocycles. The van der Waals surface area contributed by atoms with Crippen LogP contribution in [-0.2, 0) is 4.79 Å². The molecule has 1 saturated heterocycles. The second-order valence-electron chi connectivity index (χ2n) is 4.53. The lowest BCUT2D eigenvalue weighted by molar-refractivity contribution is -0.143. The lowest BCUT2D eigenvalue weighted by Gasteiger charge is -2.24. The van der Waals surface area contributed by atoms with Crippen LogP contribution in [0.2, 0.25) is 0 Å². The van der Waals surface area contributed by atoms with E-state index in [4.69, 9.17) is 4.74 Å². The number of thioether (sulfide) groups is 1. The second-order valence-corrected chi connectivity index (χ2v) is 5.63. The molecular formula is C13H15NO5S. The number of phenols is 1. The Morgan fingerprint density at radius 2 is 2.20 bits per heavy atom. The summed E-state index contributed by atoms with van der Waals surface area (Å²) in [5, 5.41) is 21.6. The average molecular weight is 297 g/mol. The van der Waals surface area contributed by atoms with E-state index in [-0.39, 0.29) is 11.3 Å². The molecule has 0 bridgehead atoms. The van der Waals surface area contributed by atoms with Crippen molar-refractivity contribution in [2.75, 3.05) is 18.6 Å². The number of aromatic hydroxyl groups is 1. The van der Waals surface area contributed by atoms with Crippen LogP contribution in [0.25, 0.3) is 0 Å². The maximum atomic E-state index is 12.2. The smallest absolute Gasteiger partial charge is 0.330 e. The van der Waals surface area contributed by atoms with Gasteiger partial charge in [-0.05, 0) is 30.4 Å². The Bertz CT molecular complexity index is 540. The van der Waals surface area contributed by atoms with Gasteiger partial charge in [-0.3, -0.25) is 4.79 Å². The number of amides is 1. The standard InChI is InChI=1S/C13H15NO5S/c1-19-8-2-3-10(15)9(6-8)11(16)14-13(12(17)18)4-5-20-7-13/h2-3,6,15H,4-5,7H2,1H3,(H,14,16)(H,17,18). The molecular weight excluding hydrogens is 282 g/mol. The van der Waals surface area contributed by atoms with E-state index < -0.39 is 17.4 Å². The summed E-state index contributed by atoms with van der Waals surface area (Å²) < 4.78 is 4.99. The molecule has 1 fully saturated rings. The minimum atomic E-state index is -1.27. The van der Waals surface area contributed by atoms with Crippen molar-refractivity contribution in [3.63, 3.8) is 0 Å². The predicted molar refractivity (Wildman–Crippen MR) is 74.4 cm³/mol. The third-order valence-electron chi connectivity index (χ3n) is 3.23. The van der Waals surface area contributed by atoms with Gasteiger partial charge in [0.15, 0.2) is 0 Å². The van der Waals surface area contributed by atoms with Gasteiger partial charge in [-0.2, -0.15) is 11.8 Å². The molecule has 7 heteroatoms. The van der Waals surface area contributed by atoms with Crippen molar-refractivity contribution >= 4 is 23.6 Å². The van der Waals surface area contributed by atoms with E-state index in [0.29, 0.717) is 23.7 Å². The van der Waals surface area contributed by atoms with Crippen LogP contribution in [0.1, 0.15) is 16.8 Å². The number of ether oxygens (including phenoxy) is 1. The molecule has 108 valence electrons. The van der Waals surface area contributed by atoms with Crippen molar-refractivity contribution in [2.45, 2.75) is 12.0 Å². The Morgan fingerprint density at radius 1 is 1.45 bits per heavy atom. The Hall–Kier alpha value is -1.89. The molecule has 0 spiro atoms. The molecule has 6 nitrogen and oxygen atoms in total. The van der Waals surface area contributed by atoms with E-state index >= 15 is 0 Å². The number of carboxylic acid groups (broad SMARTS) is 1. The highest BCUT2D eigenvalue weighted by Gasteiger charge is 2.43. The van der Waals surface area contributed by atoms with Gasteiger partial charge in [0.05, 0.1) is 12.7 Å². The number of methoxy groups -OCH3 is 1. The number of aliphatic carboxylic acids is 1. The van der Waals surface area contributed by atoms with Crippen molar-refractivity contribution in [3.05, 3.63) is 23.8 Å². The topological polar surface area (TPSA) is 95.9 Å². The molecule has 0 aliphatic carbocycles. The molecule has 20 heavy (non-hydrogen) atoms. The van der Waals surface area contributed by atoms with E-state index in [9.17, 15) is 19.8 Å². The quantitative estimate of drug-likeness (QED) is 0.770. The summed E-state index contributed by atoms with van der Waals surface area (Å²) in [5.41, 5.74) is -1.26. The van der Waals surface area contributed by atoms with Crippen molar-refractivity contribution in [1.29, 1.82) is 0 Å². The van der Waals surface area contributed by atoms with Crippen LogP contribution >= 0.6 is 11.8 Å². The van der Waals surface area contributed by atoms with Gasteiger partial charge < -0.3 is 20.3 Å². The summed E-state index contributed by atoms with van der Waals surface area (Å²) in [6.07, 6.45) is 0.365. The first-order valence-corrected chi connectivity index (χ1v) is 7.15. The van der Waals surface area contributed by atoms with Crippen LogP contribution in [0.5, 0.6) is 11.5 Å². The summed E-state index contributed by atoms with van der Waals surface area (Å²) in [7, 11) is 1.44. The van der Waals surface area contributed by atoms with Gasteiger partial charge in [0, 0.05) is 5.75 Å². The Kier molecular flexibility index (Phi) is 4.08. The minimum Gasteiger partial charge on any atom is -0.507 e. The summed E-state index contributed by atoms with van der Waals surface area (Å²) >= 11 is 1.48. The third kappa shape index (κ3) is 2.67. The molecule has 1 heterocycles. The predicted octanol–water partition coefficient (Wildman–Crippen LogP) is 1.09. The molecule has 1 amide bonds. The van der Waals surface area contributed by atoms with Gasteiger partial charge in [-0.1, -0.05) is 0 Å². The van der Waals surface area contributed by atoms with Gasteiger partial charge in [-0.15, -0.1) is 0 Å². The first kappa shape index (κ1) is 14.5. The average Bonchev–Trinajstić information content (AvgIpc) is 2.89. The van der Waals surface area contributed by atoms with Crippen molar-refractivity contribution in [2.24, 2.45) is 0 Å². The summed E-state index contributed by atoms with van der Waals surface area (Å²) in [6.45, 7) is 0. The van der Waals surface area contributed by atoms with Gasteiger partial charge in [0.1, 0.15) is 17.0 Å². The van der Waals surface area contributed by atoms with Crippen molar-refractivity contribution < 1.29 is 24.5 Å². The van der Waals surface area contributed by atoms with Crippen molar-refractivity contribution in [3.8, 4) is 11.5 Å². The second kappa shape index (κ2) is 5.62. The highest BCUT2D eigenvalue weighted by molar-refractivity contribution is 7.99.